The number of unbranched alkanes of at least 4 members (excludes halogenated alkanes) is 25. The summed E-state index contributed by atoms with van der Waals surface area (Å²) in [5.41, 5.74) is 5.09. The molecule has 0 aliphatic carbocycles. The molecule has 1 aliphatic rings. The van der Waals surface area contributed by atoms with Gasteiger partial charge in [-0.3, -0.25) is 14.5 Å². The molecule has 1 rings (SSSR count). The number of carboxylic acid groups (broad SMARTS) is 1. The maximum Gasteiger partial charge on any atom is 0.321 e. The molecule has 0 aromatic rings. The summed E-state index contributed by atoms with van der Waals surface area (Å²) in [7, 11) is 0. The molecule has 0 saturated carbocycles. The number of primary amides is 1. The number of nitrogens with zero attached hydrogens (tertiary/aromatic N) is 1. The molecule has 1 aliphatic heterocycles. The van der Waals surface area contributed by atoms with Gasteiger partial charge in [-0.2, -0.15) is 0 Å². The Morgan fingerprint density at radius 1 is 0.581 bits per heavy atom. The largest absolute Gasteiger partial charge is 0.480 e. The highest BCUT2D eigenvalue weighted by Gasteiger charge is 2.35. The average Bonchev–Trinajstić information content (AvgIpc) is 3.36. The molecule has 4 N–H and O–H groups in total. The summed E-state index contributed by atoms with van der Waals surface area (Å²) in [6, 6.07) is -0.475. The molecule has 2 atom stereocenters. The van der Waals surface area contributed by atoms with Crippen molar-refractivity contribution in [1.82, 2.24) is 4.90 Å². The number of amides is 1. The molecule has 43 heavy (non-hydrogen) atoms. The van der Waals surface area contributed by atoms with Crippen molar-refractivity contribution in [2.45, 2.75) is 212 Å². The van der Waals surface area contributed by atoms with Crippen LogP contribution in [0, 0.1) is 0 Å². The van der Waals surface area contributed by atoms with E-state index in [2.05, 4.69) is 13.8 Å². The summed E-state index contributed by atoms with van der Waals surface area (Å²) in [6.45, 7) is 5.87. The molecular weight excluding hydrogens is 536 g/mol. The van der Waals surface area contributed by atoms with Crippen LogP contribution in [-0.4, -0.2) is 52.2 Å². The first-order valence-corrected chi connectivity index (χ1v) is 18.9. The topological polar surface area (TPSA) is 104 Å². The lowest BCUT2D eigenvalue weighted by molar-refractivity contribution is -0.142. The Bertz CT molecular complexity index is 615. The fourth-order valence-corrected chi connectivity index (χ4v) is 6.21. The minimum absolute atomic E-state index is 0.155. The van der Waals surface area contributed by atoms with Crippen molar-refractivity contribution in [3.63, 3.8) is 0 Å². The lowest BCUT2D eigenvalue weighted by Gasteiger charge is -2.20. The van der Waals surface area contributed by atoms with E-state index < -0.39 is 18.1 Å². The number of carboxylic acids is 1. The molecule has 6 heteroatoms. The minimum atomic E-state index is -0.790. The van der Waals surface area contributed by atoms with Gasteiger partial charge in [0.2, 0.25) is 5.91 Å². The first kappa shape index (κ1) is 41.9. The highest BCUT2D eigenvalue weighted by Crippen LogP contribution is 2.19. The van der Waals surface area contributed by atoms with Crippen molar-refractivity contribution in [2.24, 2.45) is 5.73 Å². The average molecular weight is 611 g/mol. The summed E-state index contributed by atoms with van der Waals surface area (Å²) in [5.74, 6) is -0.944. The summed E-state index contributed by atoms with van der Waals surface area (Å²) < 4.78 is 0. The fourth-order valence-electron chi connectivity index (χ4n) is 6.21. The van der Waals surface area contributed by atoms with Crippen LogP contribution < -0.4 is 5.73 Å². The number of likely N-dealkylation sites (tertiary alicyclic amines) is 1. The second-order valence-electron chi connectivity index (χ2n) is 13.3. The number of rotatable bonds is 30. The van der Waals surface area contributed by atoms with E-state index in [1.165, 1.54) is 161 Å². The zero-order chi connectivity index (χ0) is 31.8. The van der Waals surface area contributed by atoms with Gasteiger partial charge in [-0.05, 0) is 19.4 Å². The molecule has 1 fully saturated rings. The highest BCUT2D eigenvalue weighted by molar-refractivity contribution is 5.74. The van der Waals surface area contributed by atoms with Crippen LogP contribution in [0.15, 0.2) is 0 Å². The van der Waals surface area contributed by atoms with Gasteiger partial charge in [0.15, 0.2) is 0 Å². The number of aliphatic carboxylic acids is 1. The normalized spacial score (nSPS) is 16.7. The molecule has 0 unspecified atom stereocenters. The van der Waals surface area contributed by atoms with E-state index in [0.717, 1.165) is 19.4 Å². The minimum Gasteiger partial charge on any atom is -0.480 e. The van der Waals surface area contributed by atoms with Gasteiger partial charge in [-0.25, -0.2) is 0 Å². The van der Waals surface area contributed by atoms with Crippen molar-refractivity contribution in [1.29, 1.82) is 0 Å². The van der Waals surface area contributed by atoms with Crippen LogP contribution in [0.2, 0.25) is 0 Å². The molecule has 1 heterocycles. The maximum absolute atomic E-state index is 11.2. The van der Waals surface area contributed by atoms with Gasteiger partial charge in [0.1, 0.15) is 6.04 Å². The number of hydrogen-bond donors (Lipinski definition) is 3. The van der Waals surface area contributed by atoms with E-state index in [1.54, 1.807) is 0 Å². The highest BCUT2D eigenvalue weighted by atomic mass is 16.4. The molecule has 0 spiro atoms. The van der Waals surface area contributed by atoms with Gasteiger partial charge in [-0.15, -0.1) is 0 Å². The fraction of sp³-hybridized carbons (Fsp3) is 0.946. The third kappa shape index (κ3) is 29.3. The zero-order valence-corrected chi connectivity index (χ0v) is 28.8. The van der Waals surface area contributed by atoms with E-state index >= 15 is 0 Å². The molecule has 6 nitrogen and oxygen atoms in total. The van der Waals surface area contributed by atoms with Crippen LogP contribution in [0.4, 0.5) is 0 Å². The summed E-state index contributed by atoms with van der Waals surface area (Å²) in [5, 5.41) is 18.8. The third-order valence-corrected chi connectivity index (χ3v) is 8.99. The number of hydrogen-bond acceptors (Lipinski definition) is 4. The number of β-amino-alcohol motifs (C(OH)–C–C–N with tert-alkyl or cyclic N) is 1. The smallest absolute Gasteiger partial charge is 0.321 e. The Labute approximate surface area is 267 Å². The second kappa shape index (κ2) is 32.3. The van der Waals surface area contributed by atoms with Gasteiger partial charge < -0.3 is 15.9 Å². The van der Waals surface area contributed by atoms with Crippen molar-refractivity contribution < 1.29 is 19.8 Å². The van der Waals surface area contributed by atoms with Crippen molar-refractivity contribution in [3.05, 3.63) is 0 Å². The summed E-state index contributed by atoms with van der Waals surface area (Å²) >= 11 is 0. The van der Waals surface area contributed by atoms with Crippen molar-refractivity contribution in [3.8, 4) is 0 Å². The Balaban J connectivity index is 0.000000869. The molecule has 1 amide bonds. The van der Waals surface area contributed by atoms with Crippen LogP contribution in [0.5, 0.6) is 0 Å². The predicted octanol–water partition coefficient (Wildman–Crippen LogP) is 9.94. The van der Waals surface area contributed by atoms with Gasteiger partial charge in [0.25, 0.3) is 0 Å². The maximum atomic E-state index is 11.2. The molecule has 256 valence electrons. The first-order chi connectivity index (χ1) is 20.9. The Kier molecular flexibility index (Phi) is 31.4. The van der Waals surface area contributed by atoms with Crippen LogP contribution in [0.25, 0.3) is 0 Å². The Hall–Kier alpha value is -1.14. The molecular formula is C37H74N2O4. The molecule has 1 saturated heterocycles. The van der Waals surface area contributed by atoms with Gasteiger partial charge in [0.05, 0.1) is 6.10 Å². The monoisotopic (exact) mass is 611 g/mol. The number of aliphatic hydroxyl groups is 1. The first-order valence-electron chi connectivity index (χ1n) is 18.9. The number of carbonyl (C=O) groups is 2. The number of nitrogens with two attached hydrogens (primary N) is 1. The zero-order valence-electron chi connectivity index (χ0n) is 28.8. The van der Waals surface area contributed by atoms with Gasteiger partial charge >= 0.3 is 5.97 Å². The van der Waals surface area contributed by atoms with Crippen LogP contribution in [0.1, 0.15) is 200 Å². The van der Waals surface area contributed by atoms with E-state index in [1.807, 2.05) is 4.90 Å². The molecule has 0 radical (unpaired) electrons. The quantitative estimate of drug-likeness (QED) is 0.0702. The summed E-state index contributed by atoms with van der Waals surface area (Å²) in [4.78, 5) is 23.6. The van der Waals surface area contributed by atoms with Crippen molar-refractivity contribution >= 4 is 11.9 Å². The summed E-state index contributed by atoms with van der Waals surface area (Å²) in [6.07, 6.45) is 36.6. The van der Waals surface area contributed by atoms with E-state index in [4.69, 9.17) is 10.8 Å². The molecule has 0 aromatic carbocycles. The van der Waals surface area contributed by atoms with E-state index in [-0.39, 0.29) is 5.91 Å². The standard InChI is InChI=1S/C21H41NO3.C16H33NO/c1-2-3-4-5-6-7-8-9-10-11-12-13-14-15-16-22-18-19(23)17-20(22)21(24)25;1-2-3-4-5-6-7-8-9-10-11-12-13-14-15-16(17)18/h19-20,23H,2-18H2,1H3,(H,24,25);2-15H2,1H3,(H2,17,18)/t19-,20+;/m1./s1. The number of aliphatic hydroxyl groups excluding tert-OH is 1. The molecule has 0 bridgehead atoms. The SMILES string of the molecule is CCCCCCCCCCCCCCCC(N)=O.CCCCCCCCCCCCCCCCN1C[C@H](O)C[C@H]1C(=O)O. The van der Waals surface area contributed by atoms with Gasteiger partial charge in [-0.1, -0.05) is 174 Å². The molecule has 0 aromatic heterocycles. The predicted molar refractivity (Wildman–Crippen MR) is 183 cm³/mol. The van der Waals surface area contributed by atoms with Crippen molar-refractivity contribution in [2.75, 3.05) is 13.1 Å². The third-order valence-electron chi connectivity index (χ3n) is 8.99. The van der Waals surface area contributed by atoms with Gasteiger partial charge in [0, 0.05) is 19.4 Å². The van der Waals surface area contributed by atoms with E-state index in [0.29, 0.717) is 19.4 Å². The van der Waals surface area contributed by atoms with Crippen LogP contribution in [0.3, 0.4) is 0 Å². The lowest BCUT2D eigenvalue weighted by atomic mass is 10.0. The lowest BCUT2D eigenvalue weighted by Crippen LogP contribution is -2.36. The van der Waals surface area contributed by atoms with E-state index in [9.17, 15) is 14.7 Å². The Morgan fingerprint density at radius 2 is 0.907 bits per heavy atom. The van der Waals surface area contributed by atoms with Crippen LogP contribution >= 0.6 is 0 Å². The number of carbonyl (C=O) groups excluding carboxylic acids is 1. The second-order valence-corrected chi connectivity index (χ2v) is 13.3. The van der Waals surface area contributed by atoms with Crippen LogP contribution in [-0.2, 0) is 9.59 Å². The Morgan fingerprint density at radius 3 is 1.23 bits per heavy atom.